The predicted octanol–water partition coefficient (Wildman–Crippen LogP) is 3.59. The van der Waals surface area contributed by atoms with Gasteiger partial charge in [0.05, 0.1) is 5.56 Å². The first-order chi connectivity index (χ1) is 15.4. The molecule has 2 saturated heterocycles. The molecular formula is C25H31FN4O2. The van der Waals surface area contributed by atoms with E-state index in [4.69, 9.17) is 0 Å². The quantitative estimate of drug-likeness (QED) is 0.732. The number of carbonyl (C=O) groups excluding carboxylic acids is 2. The number of halogens is 1. The van der Waals surface area contributed by atoms with E-state index in [0.717, 1.165) is 31.7 Å². The average molecular weight is 439 g/mol. The molecule has 6 nitrogen and oxygen atoms in total. The molecule has 0 radical (unpaired) electrons. The fraction of sp³-hybridized carbons (Fsp3) is 0.480. The molecule has 3 heterocycles. The molecule has 7 heteroatoms. The molecule has 2 aliphatic heterocycles. The SMILES string of the molecule is CN(C(=O)C1(C)CCN(C(=O)c2ccccc2F)CC1)C1CCCN(c2ccccn2)C1. The Morgan fingerprint density at radius 3 is 2.50 bits per heavy atom. The second-order valence-corrected chi connectivity index (χ2v) is 9.18. The van der Waals surface area contributed by atoms with E-state index in [0.29, 0.717) is 25.9 Å². The van der Waals surface area contributed by atoms with Crippen LogP contribution in [0.2, 0.25) is 0 Å². The minimum atomic E-state index is -0.520. The molecule has 2 fully saturated rings. The maximum absolute atomic E-state index is 14.0. The number of rotatable bonds is 4. The molecule has 1 unspecified atom stereocenters. The van der Waals surface area contributed by atoms with Crippen molar-refractivity contribution < 1.29 is 14.0 Å². The first kappa shape index (κ1) is 22.2. The van der Waals surface area contributed by atoms with Crippen LogP contribution in [0.15, 0.2) is 48.7 Å². The number of amides is 2. The standard InChI is InChI=1S/C25H31FN4O2/c1-25(12-16-29(17-13-25)23(31)20-9-3-4-10-21(20)26)24(32)28(2)19-8-7-15-30(18-19)22-11-5-6-14-27-22/h3-6,9-11,14,19H,7-8,12-13,15-18H2,1-2H3. The number of aromatic nitrogens is 1. The molecule has 2 aliphatic rings. The predicted molar refractivity (Wildman–Crippen MR) is 122 cm³/mol. The highest BCUT2D eigenvalue weighted by Crippen LogP contribution is 2.35. The minimum Gasteiger partial charge on any atom is -0.355 e. The van der Waals surface area contributed by atoms with E-state index in [-0.39, 0.29) is 23.4 Å². The molecule has 0 aliphatic carbocycles. The Morgan fingerprint density at radius 1 is 1.09 bits per heavy atom. The molecule has 0 spiro atoms. The van der Waals surface area contributed by atoms with Crippen LogP contribution in [0.25, 0.3) is 0 Å². The largest absolute Gasteiger partial charge is 0.355 e. The molecule has 32 heavy (non-hydrogen) atoms. The lowest BCUT2D eigenvalue weighted by Gasteiger charge is -2.44. The second-order valence-electron chi connectivity index (χ2n) is 9.18. The Hall–Kier alpha value is -2.96. The normalized spacial score (nSPS) is 20.7. The Morgan fingerprint density at radius 2 is 1.81 bits per heavy atom. The van der Waals surface area contributed by atoms with E-state index in [1.807, 2.05) is 37.1 Å². The molecule has 1 aromatic heterocycles. The van der Waals surface area contributed by atoms with Gasteiger partial charge in [-0.05, 0) is 49.9 Å². The van der Waals surface area contributed by atoms with E-state index in [1.165, 1.54) is 12.1 Å². The zero-order valence-electron chi connectivity index (χ0n) is 18.8. The van der Waals surface area contributed by atoms with Gasteiger partial charge in [-0.2, -0.15) is 0 Å². The van der Waals surface area contributed by atoms with Crippen molar-refractivity contribution in [2.24, 2.45) is 5.41 Å². The number of piperidine rings is 2. The van der Waals surface area contributed by atoms with Crippen molar-refractivity contribution in [3.8, 4) is 0 Å². The van der Waals surface area contributed by atoms with Gasteiger partial charge in [0.1, 0.15) is 11.6 Å². The summed E-state index contributed by atoms with van der Waals surface area (Å²) < 4.78 is 14.0. The Bertz CT molecular complexity index is 959. The second kappa shape index (κ2) is 9.27. The number of hydrogen-bond acceptors (Lipinski definition) is 4. The summed E-state index contributed by atoms with van der Waals surface area (Å²) in [7, 11) is 1.90. The van der Waals surface area contributed by atoms with Gasteiger partial charge in [0.15, 0.2) is 0 Å². The van der Waals surface area contributed by atoms with E-state index in [1.54, 1.807) is 23.2 Å². The fourth-order valence-corrected chi connectivity index (χ4v) is 4.83. The number of benzene rings is 1. The van der Waals surface area contributed by atoms with Crippen molar-refractivity contribution in [1.82, 2.24) is 14.8 Å². The first-order valence-electron chi connectivity index (χ1n) is 11.4. The number of carbonyl (C=O) groups is 2. The zero-order valence-corrected chi connectivity index (χ0v) is 18.8. The van der Waals surface area contributed by atoms with Gasteiger partial charge in [0.25, 0.3) is 5.91 Å². The number of anilines is 1. The number of likely N-dealkylation sites (tertiary alicyclic amines) is 1. The Kier molecular flexibility index (Phi) is 6.44. The van der Waals surface area contributed by atoms with Gasteiger partial charge in [0, 0.05) is 50.9 Å². The summed E-state index contributed by atoms with van der Waals surface area (Å²) in [6, 6.07) is 12.1. The number of pyridine rings is 1. The van der Waals surface area contributed by atoms with E-state index in [2.05, 4.69) is 9.88 Å². The maximum atomic E-state index is 14.0. The van der Waals surface area contributed by atoms with Crippen molar-refractivity contribution in [3.05, 3.63) is 60.0 Å². The summed E-state index contributed by atoms with van der Waals surface area (Å²) in [5.41, 5.74) is -0.426. The van der Waals surface area contributed by atoms with Crippen molar-refractivity contribution in [2.45, 2.75) is 38.6 Å². The highest BCUT2D eigenvalue weighted by molar-refractivity contribution is 5.94. The van der Waals surface area contributed by atoms with Crippen molar-refractivity contribution in [3.63, 3.8) is 0 Å². The number of hydrogen-bond donors (Lipinski definition) is 0. The molecule has 0 N–H and O–H groups in total. The fourth-order valence-electron chi connectivity index (χ4n) is 4.83. The maximum Gasteiger partial charge on any atom is 0.256 e. The van der Waals surface area contributed by atoms with Gasteiger partial charge < -0.3 is 14.7 Å². The van der Waals surface area contributed by atoms with Gasteiger partial charge in [-0.3, -0.25) is 9.59 Å². The molecule has 0 bridgehead atoms. The van der Waals surface area contributed by atoms with Crippen LogP contribution in [-0.4, -0.2) is 65.9 Å². The van der Waals surface area contributed by atoms with Crippen LogP contribution in [0.5, 0.6) is 0 Å². The summed E-state index contributed by atoms with van der Waals surface area (Å²) in [6.07, 6.45) is 4.94. The third kappa shape index (κ3) is 4.47. The zero-order chi connectivity index (χ0) is 22.7. The lowest BCUT2D eigenvalue weighted by molar-refractivity contribution is -0.144. The highest BCUT2D eigenvalue weighted by Gasteiger charge is 2.42. The summed E-state index contributed by atoms with van der Waals surface area (Å²) in [5, 5.41) is 0. The monoisotopic (exact) mass is 438 g/mol. The van der Waals surface area contributed by atoms with Crippen LogP contribution in [0.3, 0.4) is 0 Å². The molecule has 2 amide bonds. The molecule has 0 saturated carbocycles. The molecule has 170 valence electrons. The number of likely N-dealkylation sites (N-methyl/N-ethyl adjacent to an activating group) is 1. The third-order valence-electron chi connectivity index (χ3n) is 7.01. The number of nitrogens with zero attached hydrogens (tertiary/aromatic N) is 4. The van der Waals surface area contributed by atoms with Gasteiger partial charge in [-0.25, -0.2) is 9.37 Å². The molecular weight excluding hydrogens is 407 g/mol. The summed E-state index contributed by atoms with van der Waals surface area (Å²) in [5.74, 6) is 0.272. The topological polar surface area (TPSA) is 56.8 Å². The van der Waals surface area contributed by atoms with Crippen LogP contribution in [0.1, 0.15) is 43.0 Å². The van der Waals surface area contributed by atoms with Gasteiger partial charge in [0.2, 0.25) is 5.91 Å². The van der Waals surface area contributed by atoms with E-state index < -0.39 is 11.2 Å². The van der Waals surface area contributed by atoms with Crippen molar-refractivity contribution in [2.75, 3.05) is 38.1 Å². The Labute approximate surface area is 189 Å². The van der Waals surface area contributed by atoms with Crippen LogP contribution in [-0.2, 0) is 4.79 Å². The first-order valence-corrected chi connectivity index (χ1v) is 11.4. The lowest BCUT2D eigenvalue weighted by Crippen LogP contribution is -2.55. The summed E-state index contributed by atoms with van der Waals surface area (Å²) in [6.45, 7) is 4.62. The molecule has 4 rings (SSSR count). The Balaban J connectivity index is 1.38. The highest BCUT2D eigenvalue weighted by atomic mass is 19.1. The minimum absolute atomic E-state index is 0.0939. The summed E-state index contributed by atoms with van der Waals surface area (Å²) >= 11 is 0. The summed E-state index contributed by atoms with van der Waals surface area (Å²) in [4.78, 5) is 36.5. The van der Waals surface area contributed by atoms with Crippen LogP contribution >= 0.6 is 0 Å². The van der Waals surface area contributed by atoms with Crippen LogP contribution < -0.4 is 4.90 Å². The smallest absolute Gasteiger partial charge is 0.256 e. The lowest BCUT2D eigenvalue weighted by atomic mass is 9.78. The van der Waals surface area contributed by atoms with Gasteiger partial charge in [-0.15, -0.1) is 0 Å². The van der Waals surface area contributed by atoms with Crippen LogP contribution in [0.4, 0.5) is 10.2 Å². The van der Waals surface area contributed by atoms with Gasteiger partial charge in [-0.1, -0.05) is 25.1 Å². The van der Waals surface area contributed by atoms with E-state index in [9.17, 15) is 14.0 Å². The molecule has 1 aromatic carbocycles. The average Bonchev–Trinajstić information content (AvgIpc) is 2.84. The third-order valence-corrected chi connectivity index (χ3v) is 7.01. The van der Waals surface area contributed by atoms with Crippen molar-refractivity contribution >= 4 is 17.6 Å². The molecule has 2 aromatic rings. The molecule has 1 atom stereocenters. The van der Waals surface area contributed by atoms with Crippen LogP contribution in [0, 0.1) is 11.2 Å². The van der Waals surface area contributed by atoms with Gasteiger partial charge >= 0.3 is 0 Å². The van der Waals surface area contributed by atoms with Crippen molar-refractivity contribution in [1.29, 1.82) is 0 Å². The van der Waals surface area contributed by atoms with E-state index >= 15 is 0 Å².